The highest BCUT2D eigenvalue weighted by Gasteiger charge is 2.57. The van der Waals surface area contributed by atoms with Crippen molar-refractivity contribution >= 4 is 63.2 Å². The largest absolute Gasteiger partial charge is 0.477 e. The highest BCUT2D eigenvalue weighted by atomic mass is 35.5. The Kier molecular flexibility index (Phi) is 14.4. The molecule has 1 unspecified atom stereocenters. The van der Waals surface area contributed by atoms with Gasteiger partial charge >= 0.3 is 5.97 Å². The molecule has 1 fully saturated rings. The van der Waals surface area contributed by atoms with Crippen LogP contribution in [0.4, 0.5) is 5.13 Å². The minimum Gasteiger partial charge on any atom is -0.477 e. The molecule has 3 heterocycles. The van der Waals surface area contributed by atoms with Crippen molar-refractivity contribution in [2.75, 3.05) is 5.32 Å². The molecule has 0 spiro atoms. The minimum atomic E-state index is -1.44. The van der Waals surface area contributed by atoms with Gasteiger partial charge in [0.25, 0.3) is 11.8 Å². The van der Waals surface area contributed by atoms with Crippen molar-refractivity contribution in [3.05, 3.63) is 308 Å². The molecule has 2 aliphatic heterocycles. The smallest absolute Gasteiger partial charge is 0.353 e. The maximum Gasteiger partial charge on any atom is 0.353 e. The number of fused-ring (bicyclic) bond motifs is 1. The summed E-state index contributed by atoms with van der Waals surface area (Å²) in [6.07, 6.45) is 0.217. The van der Waals surface area contributed by atoms with Gasteiger partial charge in [0, 0.05) is 28.5 Å². The first-order valence-corrected chi connectivity index (χ1v) is 26.7. The van der Waals surface area contributed by atoms with E-state index in [-0.39, 0.29) is 32.9 Å². The maximum absolute atomic E-state index is 15.6. The number of nitrogens with zero attached hydrogens (tertiary/aromatic N) is 3. The molecule has 1 saturated heterocycles. The molecule has 2 aliphatic rings. The van der Waals surface area contributed by atoms with Crippen LogP contribution in [-0.4, -0.2) is 50.6 Å². The number of carbonyl (C=O) groups excluding carboxylic acids is 2. The van der Waals surface area contributed by atoms with Gasteiger partial charge in [-0.15, -0.1) is 0 Å². The summed E-state index contributed by atoms with van der Waals surface area (Å²) in [7, 11) is 0. The summed E-state index contributed by atoms with van der Waals surface area (Å²) in [5.41, 5.74) is 3.55. The molecule has 0 saturated carbocycles. The van der Waals surface area contributed by atoms with E-state index in [0.29, 0.717) is 21.8 Å². The predicted molar refractivity (Wildman–Crippen MR) is 303 cm³/mol. The first-order valence-electron chi connectivity index (χ1n) is 25.1. The highest BCUT2D eigenvalue weighted by Crippen LogP contribution is 2.50. The summed E-state index contributed by atoms with van der Waals surface area (Å²) in [5.74, 6) is -3.82. The molecule has 8 aromatic carbocycles. The number of amides is 2. The summed E-state index contributed by atoms with van der Waals surface area (Å²) < 4.78 is 0.105. The van der Waals surface area contributed by atoms with E-state index in [9.17, 15) is 14.7 Å². The second kappa shape index (κ2) is 21.9. The number of benzene rings is 8. The Bertz CT molecular complexity index is 3360. The molecule has 0 radical (unpaired) electrons. The average molecular weight is 1070 g/mol. The molecule has 10 nitrogen and oxygen atoms in total. The zero-order chi connectivity index (χ0) is 52.9. The van der Waals surface area contributed by atoms with E-state index in [0.717, 1.165) is 39.2 Å². The third kappa shape index (κ3) is 9.47. The van der Waals surface area contributed by atoms with E-state index >= 15 is 4.79 Å². The second-order valence-corrected chi connectivity index (χ2v) is 20.8. The van der Waals surface area contributed by atoms with E-state index < -0.39 is 52.8 Å². The molecule has 2 amide bonds. The highest BCUT2D eigenvalue weighted by molar-refractivity contribution is 7.20. The average Bonchev–Trinajstić information content (AvgIpc) is 3.85. The molecular weight excluding hydrogens is 1020 g/mol. The predicted octanol–water partition coefficient (Wildman–Crippen LogP) is 13.0. The van der Waals surface area contributed by atoms with E-state index in [2.05, 4.69) is 10.6 Å². The number of carbonyl (C=O) groups is 3. The van der Waals surface area contributed by atoms with Gasteiger partial charge in [0.05, 0.1) is 11.1 Å². The minimum absolute atomic E-state index is 0.0182. The number of allylic oxidation sites excluding steroid dienone is 1. The molecule has 3 atom stereocenters. The fourth-order valence-corrected chi connectivity index (χ4v) is 12.5. The second-order valence-electron chi connectivity index (χ2n) is 18.8. The van der Waals surface area contributed by atoms with Crippen molar-refractivity contribution in [1.29, 1.82) is 0 Å². The lowest BCUT2D eigenvalue weighted by atomic mass is 9.72. The van der Waals surface area contributed by atoms with Gasteiger partial charge in [-0.25, -0.2) is 9.78 Å². The summed E-state index contributed by atoms with van der Waals surface area (Å²) in [6.45, 7) is 0. The summed E-state index contributed by atoms with van der Waals surface area (Å²) in [4.78, 5) is 56.6. The number of nitrogens with one attached hydrogen (secondary N) is 2. The van der Waals surface area contributed by atoms with Crippen molar-refractivity contribution in [2.24, 2.45) is 11.1 Å². The van der Waals surface area contributed by atoms with Gasteiger partial charge in [-0.1, -0.05) is 282 Å². The molecule has 0 bridgehead atoms. The third-order valence-corrected chi connectivity index (χ3v) is 16.1. The van der Waals surface area contributed by atoms with Crippen molar-refractivity contribution < 1.29 is 24.3 Å². The Balaban J connectivity index is 1.04. The number of aliphatic carboxylic acids is 1. The Morgan fingerprint density at radius 2 is 1.00 bits per heavy atom. The molecule has 77 heavy (non-hydrogen) atoms. The first-order chi connectivity index (χ1) is 37.7. The van der Waals surface area contributed by atoms with Crippen LogP contribution in [0.2, 0.25) is 4.34 Å². The Morgan fingerprint density at radius 1 is 0.610 bits per heavy atom. The monoisotopic (exact) mass is 1070 g/mol. The van der Waals surface area contributed by atoms with Crippen LogP contribution in [0.3, 0.4) is 0 Å². The third-order valence-electron chi connectivity index (χ3n) is 14.5. The summed E-state index contributed by atoms with van der Waals surface area (Å²) >= 11 is 15.6. The molecule has 380 valence electrons. The van der Waals surface area contributed by atoms with E-state index in [4.69, 9.17) is 38.2 Å². The van der Waals surface area contributed by atoms with Crippen LogP contribution in [0, 0.1) is 5.92 Å². The van der Waals surface area contributed by atoms with E-state index in [1.165, 1.54) is 4.90 Å². The number of hydrogen-bond donors (Lipinski definition) is 3. The van der Waals surface area contributed by atoms with Crippen LogP contribution >= 0.6 is 34.5 Å². The maximum atomic E-state index is 15.6. The molecule has 13 heteroatoms. The van der Waals surface area contributed by atoms with Gasteiger partial charge in [-0.2, -0.15) is 0 Å². The Labute approximate surface area is 459 Å². The van der Waals surface area contributed by atoms with Crippen LogP contribution in [0.5, 0.6) is 0 Å². The topological polar surface area (TPSA) is 133 Å². The van der Waals surface area contributed by atoms with E-state index in [1.807, 2.05) is 243 Å². The molecular formula is C64H49Cl2N5O5S. The number of carboxylic acid groups (broad SMARTS) is 1. The number of halogens is 2. The van der Waals surface area contributed by atoms with Gasteiger partial charge in [0.15, 0.2) is 10.8 Å². The molecule has 3 N–H and O–H groups in total. The van der Waals surface area contributed by atoms with E-state index in [1.54, 1.807) is 0 Å². The van der Waals surface area contributed by atoms with Crippen molar-refractivity contribution in [3.8, 4) is 0 Å². The van der Waals surface area contributed by atoms with Gasteiger partial charge < -0.3 is 20.6 Å². The standard InChI is InChI=1S/C64H49Cl2N5O5S/c65-53-50(52(42-25-9-1-10-26-42)43-27-11-2-12-28-43)41-51-54(60(73)71(51)57(53)61(74)75)67-59(72)56(70-76-64(47-35-19-6-20-36-47,48-37-21-7-22-38-48)49-39-23-8-24-40-49)55-58(66)77-62(68-55)69-63(44-29-13-3-14-30-44,45-31-15-4-16-32-45)46-33-17-5-18-34-46/h1-40,50-52,54H,41H2,(H,67,72)(H,68,69)(H,74,75)/t50?,51-,54+/m1/s1. The number of oxime groups is 1. The number of thiazole rings is 1. The quantitative estimate of drug-likeness (QED) is 0.0358. The van der Waals surface area contributed by atoms with Crippen molar-refractivity contribution in [1.82, 2.24) is 15.2 Å². The SMILES string of the molecule is O=C(O)C1=C(Cl)C(C(c2ccccc2)c2ccccc2)C[C@@H]2[C@H](NC(=O)C(=NOC(c3ccccc3)(c3ccccc3)c3ccccc3)c3nc(NC(c4ccccc4)(c4ccccc4)c4ccccc4)sc3Cl)C(=O)N12. The van der Waals surface area contributed by atoms with Gasteiger partial charge in [-0.3, -0.25) is 14.5 Å². The fourth-order valence-electron chi connectivity index (χ4n) is 11.0. The number of β-lactam (4-membered cyclic amide) rings is 1. The Hall–Kier alpha value is -8.61. The van der Waals surface area contributed by atoms with Crippen molar-refractivity contribution in [2.45, 2.75) is 35.6 Å². The summed E-state index contributed by atoms with van der Waals surface area (Å²) in [6, 6.07) is 76.2. The van der Waals surface area contributed by atoms with Gasteiger partial charge in [0.2, 0.25) is 5.60 Å². The molecule has 1 aromatic heterocycles. The van der Waals surface area contributed by atoms with Crippen LogP contribution < -0.4 is 10.6 Å². The zero-order valence-corrected chi connectivity index (χ0v) is 43.5. The number of rotatable bonds is 17. The van der Waals surface area contributed by atoms with Crippen LogP contribution in [0.25, 0.3) is 0 Å². The number of carboxylic acids is 1. The lowest BCUT2D eigenvalue weighted by Gasteiger charge is -2.52. The first kappa shape index (κ1) is 50.5. The van der Waals surface area contributed by atoms with Crippen LogP contribution in [-0.2, 0) is 30.4 Å². The van der Waals surface area contributed by atoms with Crippen molar-refractivity contribution in [3.63, 3.8) is 0 Å². The summed E-state index contributed by atoms with van der Waals surface area (Å²) in [5, 5.41) is 22.8. The molecule has 9 aromatic rings. The zero-order valence-electron chi connectivity index (χ0n) is 41.2. The van der Waals surface area contributed by atoms with Gasteiger partial charge in [-0.05, 0) is 34.2 Å². The molecule has 11 rings (SSSR count). The number of anilines is 1. The normalized spacial score (nSPS) is 16.6. The molecule has 0 aliphatic carbocycles. The van der Waals surface area contributed by atoms with Crippen LogP contribution in [0.15, 0.2) is 259 Å². The lowest BCUT2D eigenvalue weighted by Crippen LogP contribution is -2.72. The van der Waals surface area contributed by atoms with Crippen LogP contribution in [0.1, 0.15) is 62.5 Å². The number of aromatic nitrogens is 1. The fraction of sp³-hybridized carbons (Fsp3) is 0.109. The Morgan fingerprint density at radius 3 is 1.40 bits per heavy atom. The van der Waals surface area contributed by atoms with Gasteiger partial charge in [0.1, 0.15) is 27.3 Å². The lowest BCUT2D eigenvalue weighted by molar-refractivity contribution is -0.156. The number of hydrogen-bond acceptors (Lipinski definition) is 8.